The molecule has 1 aliphatic carbocycles. The lowest BCUT2D eigenvalue weighted by Gasteiger charge is -2.16. The van der Waals surface area contributed by atoms with E-state index < -0.39 is 0 Å². The Bertz CT molecular complexity index is 183. The molecule has 1 aliphatic rings. The van der Waals surface area contributed by atoms with Crippen LogP contribution in [-0.2, 0) is 12.8 Å². The fourth-order valence-corrected chi connectivity index (χ4v) is 1.14. The van der Waals surface area contributed by atoms with E-state index in [2.05, 4.69) is 24.3 Å². The first kappa shape index (κ1) is 9.44. The molecule has 10 heavy (non-hydrogen) atoms. The van der Waals surface area contributed by atoms with E-state index in [1.807, 2.05) is 0 Å². The first-order valence-electron chi connectivity index (χ1n) is 3.03. The summed E-state index contributed by atoms with van der Waals surface area (Å²) in [5.74, 6) is 0. The van der Waals surface area contributed by atoms with Gasteiger partial charge in [-0.1, -0.05) is 31.7 Å². The third kappa shape index (κ3) is 1.29. The average Bonchev–Trinajstić information content (AvgIpc) is 1.72. The summed E-state index contributed by atoms with van der Waals surface area (Å²) < 4.78 is 0. The number of benzene rings is 1. The zero-order chi connectivity index (χ0) is 5.40. The molecule has 1 heteroatoms. The van der Waals surface area contributed by atoms with Gasteiger partial charge in [-0.25, -0.2) is 0 Å². The van der Waals surface area contributed by atoms with Crippen molar-refractivity contribution in [2.24, 2.45) is 0 Å². The molecule has 1 aromatic rings. The third-order valence-corrected chi connectivity index (χ3v) is 1.78. The van der Waals surface area contributed by atoms with Crippen molar-refractivity contribution in [1.82, 2.24) is 0 Å². The van der Waals surface area contributed by atoms with Crippen molar-refractivity contribution in [3.63, 3.8) is 0 Å². The molecule has 0 spiro atoms. The van der Waals surface area contributed by atoms with Gasteiger partial charge in [-0.3, -0.25) is 0 Å². The lowest BCUT2D eigenvalue weighted by atomic mass is 9.89. The van der Waals surface area contributed by atoms with Gasteiger partial charge in [0.25, 0.3) is 0 Å². The summed E-state index contributed by atoms with van der Waals surface area (Å²) in [6, 6.07) is 8.63. The van der Waals surface area contributed by atoms with Crippen molar-refractivity contribution in [3.05, 3.63) is 35.4 Å². The fraction of sp³-hybridized carbons (Fsp3) is 0.333. The van der Waals surface area contributed by atoms with Gasteiger partial charge < -0.3 is 0 Å². The zero-order valence-corrected chi connectivity index (χ0v) is 4.72. The highest BCUT2D eigenvalue weighted by atomic mass is 28.1. The Hall–Kier alpha value is -0.563. The molecule has 0 aliphatic heterocycles. The second kappa shape index (κ2) is 3.57. The van der Waals surface area contributed by atoms with E-state index in [4.69, 9.17) is 0 Å². The largest absolute Gasteiger partial charge is 0.0776 e. The maximum Gasteiger partial charge on any atom is -0.0149 e. The smallest absolute Gasteiger partial charge is 0.0149 e. The van der Waals surface area contributed by atoms with Gasteiger partial charge in [-0.2, -0.15) is 0 Å². The predicted octanol–water partition coefficient (Wildman–Crippen LogP) is 0.970. The molecule has 0 aromatic heterocycles. The van der Waals surface area contributed by atoms with Crippen molar-refractivity contribution >= 4 is 11.0 Å². The van der Waals surface area contributed by atoms with Crippen molar-refractivity contribution in [3.8, 4) is 0 Å². The molecule has 2 rings (SSSR count). The van der Waals surface area contributed by atoms with Gasteiger partial charge >= 0.3 is 0 Å². The molecule has 1 aromatic carbocycles. The minimum Gasteiger partial charge on any atom is -0.0776 e. The quantitative estimate of drug-likeness (QED) is 0.486. The van der Waals surface area contributed by atoms with Gasteiger partial charge in [0.1, 0.15) is 0 Å². The number of hydrogen-bond acceptors (Lipinski definition) is 0. The highest BCUT2D eigenvalue weighted by molar-refractivity contribution is 5.75. The monoisotopic (exact) mass is 152 g/mol. The van der Waals surface area contributed by atoms with Crippen molar-refractivity contribution in [2.45, 2.75) is 20.3 Å². The molecular weight excluding hydrogens is 136 g/mol. The molecule has 0 N–H and O–H groups in total. The fourth-order valence-electron chi connectivity index (χ4n) is 1.14. The number of rotatable bonds is 0. The summed E-state index contributed by atoms with van der Waals surface area (Å²) in [6.45, 7) is 0. The van der Waals surface area contributed by atoms with E-state index in [0.717, 1.165) is 0 Å². The van der Waals surface area contributed by atoms with Crippen LogP contribution in [0.15, 0.2) is 24.3 Å². The topological polar surface area (TPSA) is 0 Å². The van der Waals surface area contributed by atoms with Gasteiger partial charge in [0, 0.05) is 0 Å². The lowest BCUT2D eigenvalue weighted by Crippen LogP contribution is -2.06. The third-order valence-electron chi connectivity index (χ3n) is 1.78. The lowest BCUT2D eigenvalue weighted by molar-refractivity contribution is 0.839. The number of fused-ring (bicyclic) bond motifs is 1. The van der Waals surface area contributed by atoms with Crippen LogP contribution in [0.25, 0.3) is 0 Å². The van der Waals surface area contributed by atoms with Gasteiger partial charge in [0.05, 0.1) is 0 Å². The highest BCUT2D eigenvalue weighted by Crippen LogP contribution is 2.20. The van der Waals surface area contributed by atoms with Gasteiger partial charge in [-0.15, -0.1) is 0 Å². The second-order valence-electron chi connectivity index (χ2n) is 2.27. The summed E-state index contributed by atoms with van der Waals surface area (Å²) >= 11 is 0. The predicted molar refractivity (Wildman–Crippen MR) is 51.9 cm³/mol. The molecule has 56 valence electrons. The molecule has 0 heterocycles. The minimum atomic E-state index is 0. The Morgan fingerprint density at radius 3 is 1.50 bits per heavy atom. The van der Waals surface area contributed by atoms with Gasteiger partial charge in [0.2, 0.25) is 0 Å². The summed E-state index contributed by atoms with van der Waals surface area (Å²) in [4.78, 5) is 0. The Morgan fingerprint density at radius 1 is 0.900 bits per heavy atom. The molecule has 0 fully saturated rings. The molecular formula is C9H16Si. The van der Waals surface area contributed by atoms with Crippen LogP contribution in [0, 0.1) is 0 Å². The molecule has 0 saturated heterocycles. The Kier molecular flexibility index (Phi) is 3.37. The van der Waals surface area contributed by atoms with Crippen LogP contribution in [0.4, 0.5) is 0 Å². The van der Waals surface area contributed by atoms with Crippen molar-refractivity contribution < 1.29 is 0 Å². The molecule has 0 bridgehead atoms. The summed E-state index contributed by atoms with van der Waals surface area (Å²) in [5, 5.41) is 0. The molecule has 0 nitrogen and oxygen atoms in total. The standard InChI is InChI=1S/C8H8.CH4.H4Si/c1-2-4-8-6-5-7(8)3-1;;/h1-4H,5-6H2;2*1H4. The summed E-state index contributed by atoms with van der Waals surface area (Å²) in [6.07, 6.45) is 2.60. The SMILES string of the molecule is C.[SiH4].c1ccc2c(c1)CC2. The molecule has 0 saturated carbocycles. The Morgan fingerprint density at radius 2 is 1.30 bits per heavy atom. The summed E-state index contributed by atoms with van der Waals surface area (Å²) in [7, 11) is 0. The van der Waals surface area contributed by atoms with E-state index in [-0.39, 0.29) is 18.4 Å². The summed E-state index contributed by atoms with van der Waals surface area (Å²) in [5.41, 5.74) is 3.10. The van der Waals surface area contributed by atoms with Gasteiger partial charge in [-0.05, 0) is 34.9 Å². The highest BCUT2D eigenvalue weighted by Gasteiger charge is 2.09. The van der Waals surface area contributed by atoms with Gasteiger partial charge in [0.15, 0.2) is 0 Å². The minimum absolute atomic E-state index is 0. The van der Waals surface area contributed by atoms with Crippen LogP contribution in [0.1, 0.15) is 18.6 Å². The Labute approximate surface area is 67.3 Å². The van der Waals surface area contributed by atoms with Crippen molar-refractivity contribution in [2.75, 3.05) is 0 Å². The van der Waals surface area contributed by atoms with E-state index in [9.17, 15) is 0 Å². The number of aryl methyl sites for hydroxylation is 2. The average molecular weight is 152 g/mol. The van der Waals surface area contributed by atoms with Crippen LogP contribution in [0.2, 0.25) is 0 Å². The first-order valence-corrected chi connectivity index (χ1v) is 3.03. The van der Waals surface area contributed by atoms with Crippen LogP contribution in [0.3, 0.4) is 0 Å². The second-order valence-corrected chi connectivity index (χ2v) is 2.27. The molecule has 0 unspecified atom stereocenters. The van der Waals surface area contributed by atoms with E-state index >= 15 is 0 Å². The first-order chi connectivity index (χ1) is 3.97. The van der Waals surface area contributed by atoms with Crippen LogP contribution < -0.4 is 0 Å². The van der Waals surface area contributed by atoms with Crippen molar-refractivity contribution in [1.29, 1.82) is 0 Å². The van der Waals surface area contributed by atoms with E-state index in [0.29, 0.717) is 0 Å². The van der Waals surface area contributed by atoms with Crippen LogP contribution in [0.5, 0.6) is 0 Å². The van der Waals surface area contributed by atoms with E-state index in [1.54, 1.807) is 11.1 Å². The maximum absolute atomic E-state index is 2.21. The van der Waals surface area contributed by atoms with Crippen LogP contribution >= 0.6 is 0 Å². The normalized spacial score (nSPS) is 11.6. The Balaban J connectivity index is 0.000000405. The molecule has 0 amide bonds. The molecule has 0 atom stereocenters. The maximum atomic E-state index is 2.21. The number of hydrogen-bond donors (Lipinski definition) is 0. The zero-order valence-electron chi connectivity index (χ0n) is 4.72. The van der Waals surface area contributed by atoms with Crippen LogP contribution in [-0.4, -0.2) is 11.0 Å². The van der Waals surface area contributed by atoms with E-state index in [1.165, 1.54) is 12.8 Å². The molecule has 0 radical (unpaired) electrons.